The molecular formula is C13H23N. The molecule has 80 valence electrons. The van der Waals surface area contributed by atoms with Gasteiger partial charge in [-0.2, -0.15) is 0 Å². The molecule has 0 saturated heterocycles. The molecule has 1 aliphatic rings. The van der Waals surface area contributed by atoms with Gasteiger partial charge in [-0.25, -0.2) is 0 Å². The maximum absolute atomic E-state index is 5.35. The second kappa shape index (κ2) is 6.09. The van der Waals surface area contributed by atoms with Crippen molar-refractivity contribution in [1.29, 1.82) is 0 Å². The lowest BCUT2D eigenvalue weighted by Crippen LogP contribution is -2.43. The van der Waals surface area contributed by atoms with Crippen molar-refractivity contribution < 1.29 is 0 Å². The van der Waals surface area contributed by atoms with E-state index in [2.05, 4.69) is 25.1 Å². The van der Waals surface area contributed by atoms with Gasteiger partial charge in [0.25, 0.3) is 0 Å². The van der Waals surface area contributed by atoms with Crippen LogP contribution in [0.3, 0.4) is 0 Å². The van der Waals surface area contributed by atoms with Crippen LogP contribution in [-0.2, 0) is 0 Å². The molecule has 1 N–H and O–H groups in total. The first-order valence-corrected chi connectivity index (χ1v) is 5.97. The van der Waals surface area contributed by atoms with Crippen LogP contribution in [0.2, 0.25) is 0 Å². The number of terminal acetylenes is 1. The van der Waals surface area contributed by atoms with E-state index in [1.54, 1.807) is 0 Å². The predicted octanol–water partition coefficient (Wildman–Crippen LogP) is 2.96. The Bertz CT molecular complexity index is 192. The highest BCUT2D eigenvalue weighted by molar-refractivity contribution is 4.91. The van der Waals surface area contributed by atoms with Crippen LogP contribution in [0.25, 0.3) is 0 Å². The van der Waals surface area contributed by atoms with Gasteiger partial charge in [0.05, 0.1) is 0 Å². The van der Waals surface area contributed by atoms with Crippen LogP contribution in [0.5, 0.6) is 0 Å². The Kier molecular flexibility index (Phi) is 5.04. The van der Waals surface area contributed by atoms with E-state index in [1.807, 2.05) is 0 Å². The highest BCUT2D eigenvalue weighted by atomic mass is 15.0. The molecule has 0 bridgehead atoms. The van der Waals surface area contributed by atoms with Gasteiger partial charge in [-0.1, -0.05) is 26.7 Å². The molecule has 1 saturated carbocycles. The van der Waals surface area contributed by atoms with E-state index in [0.29, 0.717) is 12.1 Å². The van der Waals surface area contributed by atoms with Crippen molar-refractivity contribution in [1.82, 2.24) is 5.32 Å². The Labute approximate surface area is 88.7 Å². The zero-order valence-corrected chi connectivity index (χ0v) is 9.55. The van der Waals surface area contributed by atoms with Crippen LogP contribution in [0.4, 0.5) is 0 Å². The fourth-order valence-corrected chi connectivity index (χ4v) is 2.33. The second-order valence-electron chi connectivity index (χ2n) is 4.55. The summed E-state index contributed by atoms with van der Waals surface area (Å²) >= 11 is 0. The maximum Gasteiger partial charge on any atom is 0.0240 e. The summed E-state index contributed by atoms with van der Waals surface area (Å²) in [5, 5.41) is 3.71. The second-order valence-corrected chi connectivity index (χ2v) is 4.55. The minimum absolute atomic E-state index is 0.533. The van der Waals surface area contributed by atoms with E-state index in [0.717, 1.165) is 18.8 Å². The lowest BCUT2D eigenvalue weighted by Gasteiger charge is -2.32. The molecule has 1 rings (SSSR count). The van der Waals surface area contributed by atoms with E-state index < -0.39 is 0 Å². The molecule has 0 aromatic rings. The van der Waals surface area contributed by atoms with Crippen LogP contribution in [0.15, 0.2) is 0 Å². The van der Waals surface area contributed by atoms with E-state index in [4.69, 9.17) is 6.42 Å². The smallest absolute Gasteiger partial charge is 0.0240 e. The van der Waals surface area contributed by atoms with Gasteiger partial charge in [0.2, 0.25) is 0 Å². The van der Waals surface area contributed by atoms with Crippen LogP contribution >= 0.6 is 0 Å². The quantitative estimate of drug-likeness (QED) is 0.677. The summed E-state index contributed by atoms with van der Waals surface area (Å²) in [7, 11) is 0. The van der Waals surface area contributed by atoms with Gasteiger partial charge in [-0.15, -0.1) is 12.3 Å². The van der Waals surface area contributed by atoms with E-state index in [1.165, 1.54) is 25.7 Å². The Balaban J connectivity index is 2.36. The summed E-state index contributed by atoms with van der Waals surface area (Å²) in [5.74, 6) is 3.59. The van der Waals surface area contributed by atoms with Gasteiger partial charge < -0.3 is 5.32 Å². The lowest BCUT2D eigenvalue weighted by molar-refractivity contribution is 0.256. The van der Waals surface area contributed by atoms with Crippen molar-refractivity contribution in [3.05, 3.63) is 0 Å². The van der Waals surface area contributed by atoms with Crippen molar-refractivity contribution in [3.8, 4) is 12.3 Å². The van der Waals surface area contributed by atoms with E-state index in [9.17, 15) is 0 Å². The molecule has 0 radical (unpaired) electrons. The third-order valence-electron chi connectivity index (χ3n) is 3.42. The first-order valence-electron chi connectivity index (χ1n) is 5.97. The molecule has 3 atom stereocenters. The summed E-state index contributed by atoms with van der Waals surface area (Å²) in [5.41, 5.74) is 0. The minimum atomic E-state index is 0.533. The molecule has 0 aromatic carbocycles. The highest BCUT2D eigenvalue weighted by Gasteiger charge is 2.22. The molecule has 0 spiro atoms. The molecule has 0 amide bonds. The first kappa shape index (κ1) is 11.6. The lowest BCUT2D eigenvalue weighted by atomic mass is 9.85. The van der Waals surface area contributed by atoms with Crippen molar-refractivity contribution >= 4 is 0 Å². The fraction of sp³-hybridized carbons (Fsp3) is 0.846. The predicted molar refractivity (Wildman–Crippen MR) is 62.1 cm³/mol. The topological polar surface area (TPSA) is 12.0 Å². The third-order valence-corrected chi connectivity index (χ3v) is 3.42. The van der Waals surface area contributed by atoms with Gasteiger partial charge in [-0.05, 0) is 25.2 Å². The van der Waals surface area contributed by atoms with Crippen molar-refractivity contribution in [2.45, 2.75) is 64.5 Å². The zero-order valence-electron chi connectivity index (χ0n) is 9.55. The van der Waals surface area contributed by atoms with Crippen molar-refractivity contribution in [3.63, 3.8) is 0 Å². The number of rotatable bonds is 4. The third kappa shape index (κ3) is 3.35. The minimum Gasteiger partial charge on any atom is -0.310 e. The fourth-order valence-electron chi connectivity index (χ4n) is 2.33. The molecular weight excluding hydrogens is 170 g/mol. The van der Waals surface area contributed by atoms with Gasteiger partial charge in [0, 0.05) is 18.5 Å². The Morgan fingerprint density at radius 3 is 2.71 bits per heavy atom. The summed E-state index contributed by atoms with van der Waals surface area (Å²) < 4.78 is 0. The molecule has 1 aliphatic carbocycles. The van der Waals surface area contributed by atoms with Gasteiger partial charge in [-0.3, -0.25) is 0 Å². The molecule has 1 nitrogen and oxygen atoms in total. The number of nitrogens with one attached hydrogen (secondary N) is 1. The van der Waals surface area contributed by atoms with Crippen LogP contribution < -0.4 is 5.32 Å². The molecule has 1 fully saturated rings. The largest absolute Gasteiger partial charge is 0.310 e. The Morgan fingerprint density at radius 1 is 1.43 bits per heavy atom. The molecule has 1 heteroatoms. The average molecular weight is 193 g/mol. The number of hydrogen-bond donors (Lipinski definition) is 1. The van der Waals surface area contributed by atoms with Gasteiger partial charge >= 0.3 is 0 Å². The Hall–Kier alpha value is -0.480. The normalized spacial score (nSPS) is 29.5. The maximum atomic E-state index is 5.35. The molecule has 3 unspecified atom stereocenters. The average Bonchev–Trinajstić information content (AvgIpc) is 2.20. The van der Waals surface area contributed by atoms with Crippen LogP contribution in [0.1, 0.15) is 52.4 Å². The summed E-state index contributed by atoms with van der Waals surface area (Å²) in [6, 6.07) is 1.24. The number of hydrogen-bond acceptors (Lipinski definition) is 1. The van der Waals surface area contributed by atoms with Gasteiger partial charge in [0.1, 0.15) is 0 Å². The monoisotopic (exact) mass is 193 g/mol. The van der Waals surface area contributed by atoms with Gasteiger partial charge in [0.15, 0.2) is 0 Å². The van der Waals surface area contributed by atoms with E-state index in [-0.39, 0.29) is 0 Å². The van der Waals surface area contributed by atoms with Crippen molar-refractivity contribution in [2.75, 3.05) is 0 Å². The summed E-state index contributed by atoms with van der Waals surface area (Å²) in [4.78, 5) is 0. The molecule has 0 aromatic heterocycles. The molecule has 14 heavy (non-hydrogen) atoms. The highest BCUT2D eigenvalue weighted by Crippen LogP contribution is 2.24. The standard InChI is InChI=1S/C13H23N/c1-4-8-12(5-2)14-13-10-7-6-9-11(13)3/h1,11-14H,5-10H2,2-3H3. The van der Waals surface area contributed by atoms with Crippen molar-refractivity contribution in [2.24, 2.45) is 5.92 Å². The SMILES string of the molecule is C#CCC(CC)NC1CCCCC1C. The van der Waals surface area contributed by atoms with Crippen LogP contribution in [0, 0.1) is 18.3 Å². The summed E-state index contributed by atoms with van der Waals surface area (Å²) in [6.07, 6.45) is 12.9. The summed E-state index contributed by atoms with van der Waals surface area (Å²) in [6.45, 7) is 4.57. The zero-order chi connectivity index (χ0) is 10.4. The first-order chi connectivity index (χ1) is 6.77. The Morgan fingerprint density at radius 2 is 2.14 bits per heavy atom. The molecule has 0 heterocycles. The van der Waals surface area contributed by atoms with Crippen LogP contribution in [-0.4, -0.2) is 12.1 Å². The molecule has 0 aliphatic heterocycles. The van der Waals surface area contributed by atoms with E-state index >= 15 is 0 Å².